The molecule has 0 unspecified atom stereocenters. The highest BCUT2D eigenvalue weighted by Gasteiger charge is 2.20. The summed E-state index contributed by atoms with van der Waals surface area (Å²) in [6.07, 6.45) is 0. The van der Waals surface area contributed by atoms with Crippen molar-refractivity contribution in [3.8, 4) is 56.5 Å². The van der Waals surface area contributed by atoms with Gasteiger partial charge in [0.1, 0.15) is 5.52 Å². The summed E-state index contributed by atoms with van der Waals surface area (Å²) in [5.41, 5.74) is 9.75. The molecule has 0 bridgehead atoms. The lowest BCUT2D eigenvalue weighted by Crippen LogP contribution is -1.96. The van der Waals surface area contributed by atoms with Crippen molar-refractivity contribution in [1.82, 2.24) is 15.0 Å². The van der Waals surface area contributed by atoms with E-state index in [1.807, 2.05) is 48.5 Å². The molecule has 5 heteroatoms. The average Bonchev–Trinajstić information content (AvgIpc) is 3.74. The summed E-state index contributed by atoms with van der Waals surface area (Å²) in [7, 11) is 0. The van der Waals surface area contributed by atoms with E-state index in [1.165, 1.54) is 15.8 Å². The first-order valence-corrected chi connectivity index (χ1v) is 16.0. The molecule has 0 aliphatic carbocycles. The van der Waals surface area contributed by atoms with E-state index in [-0.39, 0.29) is 0 Å². The van der Waals surface area contributed by atoms with E-state index >= 15 is 0 Å². The Hall–Kier alpha value is -5.91. The van der Waals surface area contributed by atoms with E-state index in [0.29, 0.717) is 11.7 Å². The SMILES string of the molecule is c1ccc(-c2ccc(-c3cc(-c4ccccc4)nc(-c4cccc5sc6cccc(-c7nc8ccccc8o7)c6c45)n3)cc2)cc1. The molecule has 46 heavy (non-hydrogen) atoms. The van der Waals surface area contributed by atoms with Crippen LogP contribution in [0.1, 0.15) is 0 Å². The van der Waals surface area contributed by atoms with Crippen molar-refractivity contribution < 1.29 is 4.42 Å². The zero-order valence-corrected chi connectivity index (χ0v) is 25.4. The maximum absolute atomic E-state index is 6.28. The lowest BCUT2D eigenvalue weighted by Gasteiger charge is -2.11. The fourth-order valence-corrected chi connectivity index (χ4v) is 7.31. The number of benzene rings is 6. The summed E-state index contributed by atoms with van der Waals surface area (Å²) < 4.78 is 8.61. The van der Waals surface area contributed by atoms with Crippen LogP contribution in [0.2, 0.25) is 0 Å². The number of hydrogen-bond acceptors (Lipinski definition) is 5. The third-order valence-electron chi connectivity index (χ3n) is 8.37. The Morgan fingerprint density at radius 2 is 0.978 bits per heavy atom. The quantitative estimate of drug-likeness (QED) is 0.195. The van der Waals surface area contributed by atoms with Crippen molar-refractivity contribution in [3.63, 3.8) is 0 Å². The van der Waals surface area contributed by atoms with Gasteiger partial charge in [-0.05, 0) is 47.5 Å². The van der Waals surface area contributed by atoms with Crippen molar-refractivity contribution in [1.29, 1.82) is 0 Å². The predicted molar refractivity (Wildman–Crippen MR) is 190 cm³/mol. The molecule has 0 amide bonds. The highest BCUT2D eigenvalue weighted by atomic mass is 32.1. The maximum Gasteiger partial charge on any atom is 0.227 e. The Labute approximate surface area is 269 Å². The first kappa shape index (κ1) is 26.5. The largest absolute Gasteiger partial charge is 0.436 e. The van der Waals surface area contributed by atoms with Gasteiger partial charge in [0.15, 0.2) is 11.4 Å². The van der Waals surface area contributed by atoms with E-state index < -0.39 is 0 Å². The zero-order valence-electron chi connectivity index (χ0n) is 24.6. The van der Waals surface area contributed by atoms with Crippen LogP contribution in [0, 0.1) is 0 Å². The molecule has 0 fully saturated rings. The molecule has 3 heterocycles. The van der Waals surface area contributed by atoms with Crippen LogP contribution in [0.4, 0.5) is 0 Å². The fourth-order valence-electron chi connectivity index (χ4n) is 6.15. The normalized spacial score (nSPS) is 11.5. The van der Waals surface area contributed by atoms with Crippen LogP contribution in [0.3, 0.4) is 0 Å². The molecule has 9 aromatic rings. The van der Waals surface area contributed by atoms with Crippen molar-refractivity contribution in [2.45, 2.75) is 0 Å². The Balaban J connectivity index is 1.26. The molecule has 6 aromatic carbocycles. The third kappa shape index (κ3) is 4.57. The van der Waals surface area contributed by atoms with Gasteiger partial charge in [0, 0.05) is 42.4 Å². The van der Waals surface area contributed by atoms with Crippen molar-refractivity contribution in [2.24, 2.45) is 0 Å². The van der Waals surface area contributed by atoms with Crippen LogP contribution < -0.4 is 0 Å². The molecule has 0 saturated heterocycles. The number of para-hydroxylation sites is 2. The van der Waals surface area contributed by atoms with Gasteiger partial charge in [0.05, 0.1) is 11.4 Å². The molecule has 216 valence electrons. The van der Waals surface area contributed by atoms with E-state index in [1.54, 1.807) is 11.3 Å². The van der Waals surface area contributed by atoms with E-state index in [0.717, 1.165) is 60.2 Å². The van der Waals surface area contributed by atoms with Gasteiger partial charge < -0.3 is 4.42 Å². The summed E-state index contributed by atoms with van der Waals surface area (Å²) in [5, 5.41) is 2.21. The molecule has 0 saturated carbocycles. The van der Waals surface area contributed by atoms with Gasteiger partial charge in [-0.25, -0.2) is 15.0 Å². The molecule has 9 rings (SSSR count). The smallest absolute Gasteiger partial charge is 0.227 e. The Bertz CT molecular complexity index is 2480. The van der Waals surface area contributed by atoms with Gasteiger partial charge in [-0.1, -0.05) is 115 Å². The number of thiophene rings is 1. The monoisotopic (exact) mass is 607 g/mol. The minimum absolute atomic E-state index is 0.611. The number of fused-ring (bicyclic) bond motifs is 4. The van der Waals surface area contributed by atoms with Crippen molar-refractivity contribution in [3.05, 3.63) is 152 Å². The average molecular weight is 608 g/mol. The topological polar surface area (TPSA) is 51.8 Å². The van der Waals surface area contributed by atoms with Crippen LogP contribution in [-0.4, -0.2) is 15.0 Å². The summed E-state index contributed by atoms with van der Waals surface area (Å²) >= 11 is 1.76. The number of nitrogens with zero attached hydrogens (tertiary/aromatic N) is 3. The summed E-state index contributed by atoms with van der Waals surface area (Å²) in [5.74, 6) is 1.29. The van der Waals surface area contributed by atoms with Gasteiger partial charge >= 0.3 is 0 Å². The predicted octanol–water partition coefficient (Wildman–Crippen LogP) is 11.3. The Morgan fingerprint density at radius 1 is 0.435 bits per heavy atom. The fraction of sp³-hybridized carbons (Fsp3) is 0. The first-order valence-electron chi connectivity index (χ1n) is 15.2. The lowest BCUT2D eigenvalue weighted by molar-refractivity contribution is 0.620. The van der Waals surface area contributed by atoms with E-state index in [4.69, 9.17) is 19.4 Å². The lowest BCUT2D eigenvalue weighted by atomic mass is 10.00. The van der Waals surface area contributed by atoms with Crippen LogP contribution in [0.5, 0.6) is 0 Å². The van der Waals surface area contributed by atoms with Gasteiger partial charge in [-0.3, -0.25) is 0 Å². The number of rotatable bonds is 5. The molecular weight excluding hydrogens is 583 g/mol. The zero-order chi connectivity index (χ0) is 30.5. The Kier molecular flexibility index (Phi) is 6.28. The second-order valence-corrected chi connectivity index (χ2v) is 12.3. The van der Waals surface area contributed by atoms with Gasteiger partial charge in [0.2, 0.25) is 5.89 Å². The van der Waals surface area contributed by atoms with Crippen LogP contribution >= 0.6 is 11.3 Å². The maximum atomic E-state index is 6.28. The summed E-state index contributed by atoms with van der Waals surface area (Å²) in [6.45, 7) is 0. The molecule has 0 radical (unpaired) electrons. The molecule has 3 aromatic heterocycles. The van der Waals surface area contributed by atoms with Crippen molar-refractivity contribution in [2.75, 3.05) is 0 Å². The molecule has 0 N–H and O–H groups in total. The summed E-state index contributed by atoms with van der Waals surface area (Å²) in [6, 6.07) is 52.1. The first-order chi connectivity index (χ1) is 22.8. The Morgan fingerprint density at radius 3 is 1.67 bits per heavy atom. The van der Waals surface area contributed by atoms with E-state index in [9.17, 15) is 0 Å². The van der Waals surface area contributed by atoms with Crippen LogP contribution in [0.15, 0.2) is 156 Å². The van der Waals surface area contributed by atoms with E-state index in [2.05, 4.69) is 103 Å². The third-order valence-corrected chi connectivity index (χ3v) is 9.49. The number of hydrogen-bond donors (Lipinski definition) is 0. The summed E-state index contributed by atoms with van der Waals surface area (Å²) in [4.78, 5) is 15.3. The highest BCUT2D eigenvalue weighted by Crippen LogP contribution is 2.44. The molecule has 0 spiro atoms. The number of aromatic nitrogens is 3. The van der Waals surface area contributed by atoms with Gasteiger partial charge in [-0.15, -0.1) is 11.3 Å². The molecule has 0 aliphatic heterocycles. The van der Waals surface area contributed by atoms with Gasteiger partial charge in [-0.2, -0.15) is 0 Å². The molecule has 0 aliphatic rings. The van der Waals surface area contributed by atoms with Gasteiger partial charge in [0.25, 0.3) is 0 Å². The molecular formula is C41H25N3OS. The second-order valence-electron chi connectivity index (χ2n) is 11.2. The molecule has 0 atom stereocenters. The minimum atomic E-state index is 0.611. The second kappa shape index (κ2) is 10.9. The highest BCUT2D eigenvalue weighted by molar-refractivity contribution is 7.26. The van der Waals surface area contributed by atoms with Crippen LogP contribution in [0.25, 0.3) is 87.8 Å². The molecule has 4 nitrogen and oxygen atoms in total. The van der Waals surface area contributed by atoms with Crippen molar-refractivity contribution >= 4 is 42.6 Å². The number of oxazole rings is 1. The van der Waals surface area contributed by atoms with Crippen LogP contribution in [-0.2, 0) is 0 Å². The standard InChI is InChI=1S/C41H25N3OS/c1-3-11-26(12-4-1)27-21-23-29(24-22-27)34-25-33(28-13-5-2-6-14-28)42-40(43-34)30-15-9-19-36-38(30)39-31(16-10-20-37(39)46-36)41-44-32-17-7-8-18-35(32)45-41/h1-25H. The minimum Gasteiger partial charge on any atom is -0.436 e.